The van der Waals surface area contributed by atoms with Gasteiger partial charge in [-0.05, 0) is 24.6 Å². The first-order chi connectivity index (χ1) is 8.43. The Kier molecular flexibility index (Phi) is 4.11. The number of hydrogen-bond acceptors (Lipinski definition) is 4. The number of carboxylic acid groups (broad SMARTS) is 1. The SMILES string of the molecule is COc1ccc([C@](C)(NC(=O)O)C(=O)NN)cc1. The number of carbonyl (C=O) groups excluding carboxylic acids is 1. The van der Waals surface area contributed by atoms with Gasteiger partial charge < -0.3 is 15.2 Å². The lowest BCUT2D eigenvalue weighted by Gasteiger charge is -2.27. The van der Waals surface area contributed by atoms with Crippen molar-refractivity contribution in [2.24, 2.45) is 5.84 Å². The number of nitrogens with two attached hydrogens (primary N) is 1. The highest BCUT2D eigenvalue weighted by molar-refractivity contribution is 5.90. The molecule has 7 nitrogen and oxygen atoms in total. The molecule has 1 atom stereocenters. The first-order valence-electron chi connectivity index (χ1n) is 5.10. The van der Waals surface area contributed by atoms with E-state index in [0.29, 0.717) is 11.3 Å². The van der Waals surface area contributed by atoms with Crippen LogP contribution in [0.4, 0.5) is 4.79 Å². The summed E-state index contributed by atoms with van der Waals surface area (Å²) in [5.74, 6) is 5.01. The van der Waals surface area contributed by atoms with Gasteiger partial charge in [-0.15, -0.1) is 0 Å². The van der Waals surface area contributed by atoms with Gasteiger partial charge in [-0.1, -0.05) is 12.1 Å². The van der Waals surface area contributed by atoms with Crippen LogP contribution in [-0.4, -0.2) is 24.2 Å². The molecule has 5 N–H and O–H groups in total. The van der Waals surface area contributed by atoms with Crippen LogP contribution < -0.4 is 21.3 Å². The molecule has 18 heavy (non-hydrogen) atoms. The van der Waals surface area contributed by atoms with E-state index in [9.17, 15) is 9.59 Å². The number of benzene rings is 1. The number of methoxy groups -OCH3 is 1. The standard InChI is InChI=1S/C11H15N3O4/c1-11(9(15)14-12,13-10(16)17)7-3-5-8(18-2)6-4-7/h3-6,13H,12H2,1-2H3,(H,14,15)(H,16,17)/t11-/m0/s1. The van der Waals surface area contributed by atoms with E-state index in [4.69, 9.17) is 15.7 Å². The summed E-state index contributed by atoms with van der Waals surface area (Å²) in [5, 5.41) is 10.9. The molecular formula is C11H15N3O4. The fraction of sp³-hybridized carbons (Fsp3) is 0.273. The van der Waals surface area contributed by atoms with Crippen LogP contribution in [0.25, 0.3) is 0 Å². The predicted octanol–water partition coefficient (Wildman–Crippen LogP) is 0.168. The average molecular weight is 253 g/mol. The minimum Gasteiger partial charge on any atom is -0.497 e. The van der Waals surface area contributed by atoms with Crippen LogP contribution in [-0.2, 0) is 10.3 Å². The zero-order chi connectivity index (χ0) is 13.8. The molecular weight excluding hydrogens is 238 g/mol. The molecule has 0 aromatic heterocycles. The fourth-order valence-corrected chi connectivity index (χ4v) is 1.54. The maximum Gasteiger partial charge on any atom is 0.405 e. The van der Waals surface area contributed by atoms with Gasteiger partial charge in [0.15, 0.2) is 0 Å². The Morgan fingerprint density at radius 1 is 1.33 bits per heavy atom. The third kappa shape index (κ3) is 2.69. The molecule has 2 amide bonds. The molecule has 0 radical (unpaired) electrons. The summed E-state index contributed by atoms with van der Waals surface area (Å²) in [5.41, 5.74) is 0.929. The second-order valence-corrected chi connectivity index (χ2v) is 3.76. The van der Waals surface area contributed by atoms with Crippen molar-refractivity contribution >= 4 is 12.0 Å². The molecule has 0 aliphatic heterocycles. The number of hydrogen-bond donors (Lipinski definition) is 4. The van der Waals surface area contributed by atoms with Crippen molar-refractivity contribution in [3.8, 4) is 5.75 Å². The number of carbonyl (C=O) groups is 2. The van der Waals surface area contributed by atoms with Gasteiger partial charge in [-0.3, -0.25) is 10.2 Å². The van der Waals surface area contributed by atoms with E-state index in [-0.39, 0.29) is 0 Å². The van der Waals surface area contributed by atoms with Crippen molar-refractivity contribution in [3.63, 3.8) is 0 Å². The van der Waals surface area contributed by atoms with E-state index in [1.807, 2.05) is 5.43 Å². The maximum absolute atomic E-state index is 11.7. The number of hydrazine groups is 1. The Morgan fingerprint density at radius 3 is 2.28 bits per heavy atom. The lowest BCUT2D eigenvalue weighted by molar-refractivity contribution is -0.127. The Morgan fingerprint density at radius 2 is 1.89 bits per heavy atom. The topological polar surface area (TPSA) is 114 Å². The summed E-state index contributed by atoms with van der Waals surface area (Å²) in [6.07, 6.45) is -1.32. The smallest absolute Gasteiger partial charge is 0.405 e. The third-order valence-electron chi connectivity index (χ3n) is 2.61. The van der Waals surface area contributed by atoms with Crippen LogP contribution in [0, 0.1) is 0 Å². The van der Waals surface area contributed by atoms with E-state index in [1.165, 1.54) is 14.0 Å². The van der Waals surface area contributed by atoms with Gasteiger partial charge in [0.2, 0.25) is 0 Å². The summed E-state index contributed by atoms with van der Waals surface area (Å²) in [7, 11) is 1.51. The molecule has 0 aliphatic carbocycles. The fourth-order valence-electron chi connectivity index (χ4n) is 1.54. The van der Waals surface area contributed by atoms with Gasteiger partial charge >= 0.3 is 6.09 Å². The molecule has 0 saturated heterocycles. The Bertz CT molecular complexity index is 446. The van der Waals surface area contributed by atoms with Crippen molar-refractivity contribution < 1.29 is 19.4 Å². The summed E-state index contributed by atoms with van der Waals surface area (Å²) in [4.78, 5) is 22.5. The summed E-state index contributed by atoms with van der Waals surface area (Å²) in [6.45, 7) is 1.42. The van der Waals surface area contributed by atoms with Crippen molar-refractivity contribution in [2.45, 2.75) is 12.5 Å². The molecule has 0 fully saturated rings. The van der Waals surface area contributed by atoms with Gasteiger partial charge in [-0.2, -0.15) is 0 Å². The number of rotatable bonds is 4. The number of nitrogens with one attached hydrogen (secondary N) is 2. The lowest BCUT2D eigenvalue weighted by Crippen LogP contribution is -2.55. The van der Waals surface area contributed by atoms with Gasteiger partial charge in [0.25, 0.3) is 5.91 Å². The van der Waals surface area contributed by atoms with Gasteiger partial charge in [0.1, 0.15) is 11.3 Å². The van der Waals surface area contributed by atoms with Crippen LogP contribution in [0.2, 0.25) is 0 Å². The number of amides is 2. The summed E-state index contributed by atoms with van der Waals surface area (Å²) >= 11 is 0. The number of ether oxygens (including phenoxy) is 1. The summed E-state index contributed by atoms with van der Waals surface area (Å²) < 4.78 is 4.99. The van der Waals surface area contributed by atoms with E-state index in [2.05, 4.69) is 5.32 Å². The van der Waals surface area contributed by atoms with E-state index < -0.39 is 17.5 Å². The zero-order valence-electron chi connectivity index (χ0n) is 10.1. The normalized spacial score (nSPS) is 13.3. The molecule has 1 aromatic carbocycles. The molecule has 0 bridgehead atoms. The second-order valence-electron chi connectivity index (χ2n) is 3.76. The zero-order valence-corrected chi connectivity index (χ0v) is 10.1. The van der Waals surface area contributed by atoms with Crippen molar-refractivity contribution in [1.29, 1.82) is 0 Å². The van der Waals surface area contributed by atoms with E-state index in [1.54, 1.807) is 24.3 Å². The molecule has 0 saturated carbocycles. The van der Waals surface area contributed by atoms with E-state index >= 15 is 0 Å². The van der Waals surface area contributed by atoms with Gasteiger partial charge in [-0.25, -0.2) is 10.6 Å². The predicted molar refractivity (Wildman–Crippen MR) is 63.8 cm³/mol. The highest BCUT2D eigenvalue weighted by Gasteiger charge is 2.36. The molecule has 0 aliphatic rings. The molecule has 98 valence electrons. The molecule has 7 heteroatoms. The first-order valence-corrected chi connectivity index (χ1v) is 5.10. The Labute approximate surface area is 104 Å². The highest BCUT2D eigenvalue weighted by atomic mass is 16.5. The van der Waals surface area contributed by atoms with Crippen LogP contribution >= 0.6 is 0 Å². The lowest BCUT2D eigenvalue weighted by atomic mass is 9.91. The van der Waals surface area contributed by atoms with Crippen LogP contribution in [0.3, 0.4) is 0 Å². The van der Waals surface area contributed by atoms with Crippen molar-refractivity contribution in [3.05, 3.63) is 29.8 Å². The highest BCUT2D eigenvalue weighted by Crippen LogP contribution is 2.23. The van der Waals surface area contributed by atoms with Crippen molar-refractivity contribution in [2.75, 3.05) is 7.11 Å². The monoisotopic (exact) mass is 253 g/mol. The third-order valence-corrected chi connectivity index (χ3v) is 2.61. The quantitative estimate of drug-likeness (QED) is 0.347. The van der Waals surface area contributed by atoms with Gasteiger partial charge in [0, 0.05) is 0 Å². The minimum absolute atomic E-state index is 0.452. The minimum atomic E-state index is -1.47. The summed E-state index contributed by atoms with van der Waals surface area (Å²) in [6, 6.07) is 6.43. The maximum atomic E-state index is 11.7. The molecule has 0 heterocycles. The second kappa shape index (κ2) is 5.37. The molecule has 0 spiro atoms. The van der Waals surface area contributed by atoms with Gasteiger partial charge in [0.05, 0.1) is 7.11 Å². The Balaban J connectivity index is 3.16. The molecule has 1 rings (SSSR count). The largest absolute Gasteiger partial charge is 0.497 e. The average Bonchev–Trinajstić information content (AvgIpc) is 2.36. The Hall–Kier alpha value is -2.28. The van der Waals surface area contributed by atoms with Crippen molar-refractivity contribution in [1.82, 2.24) is 10.7 Å². The van der Waals surface area contributed by atoms with Crippen LogP contribution in [0.15, 0.2) is 24.3 Å². The first kappa shape index (κ1) is 13.8. The van der Waals surface area contributed by atoms with E-state index in [0.717, 1.165) is 0 Å². The molecule has 1 aromatic rings. The van der Waals surface area contributed by atoms with Crippen LogP contribution in [0.1, 0.15) is 12.5 Å². The molecule has 0 unspecified atom stereocenters. The van der Waals surface area contributed by atoms with Crippen LogP contribution in [0.5, 0.6) is 5.75 Å².